The summed E-state index contributed by atoms with van der Waals surface area (Å²) in [5, 5.41) is 3.98. The molecule has 2 aromatic heterocycles. The first-order valence-electron chi connectivity index (χ1n) is 7.41. The maximum absolute atomic E-state index is 12.5. The molecule has 3 rings (SSSR count). The number of carbonyl (C=O) groups excluding carboxylic acids is 1. The Morgan fingerprint density at radius 2 is 2.13 bits per heavy atom. The zero-order chi connectivity index (χ0) is 16.2. The lowest BCUT2D eigenvalue weighted by molar-refractivity contribution is -0.120. The molecule has 3 heterocycles. The minimum Gasteiger partial charge on any atom is -0.355 e. The summed E-state index contributed by atoms with van der Waals surface area (Å²) in [5.41, 5.74) is 0. The van der Waals surface area contributed by atoms with Crippen molar-refractivity contribution in [3.63, 3.8) is 0 Å². The highest BCUT2D eigenvalue weighted by molar-refractivity contribution is 6.33. The van der Waals surface area contributed by atoms with Crippen LogP contribution in [-0.2, 0) is 4.79 Å². The highest BCUT2D eigenvalue weighted by Gasteiger charge is 2.27. The average Bonchev–Trinajstić information content (AvgIpc) is 2.57. The molecule has 5 nitrogen and oxygen atoms in total. The van der Waals surface area contributed by atoms with Crippen molar-refractivity contribution in [2.75, 3.05) is 23.3 Å². The maximum atomic E-state index is 12.5. The summed E-state index contributed by atoms with van der Waals surface area (Å²) in [7, 11) is 0. The number of carbonyl (C=O) groups is 1. The SMILES string of the molecule is O=C(Nc1ccc(Cl)cn1)C1CCCN(c2ncccc2Cl)C1. The molecule has 1 aliphatic heterocycles. The van der Waals surface area contributed by atoms with Crippen molar-refractivity contribution in [2.24, 2.45) is 5.92 Å². The van der Waals surface area contributed by atoms with Gasteiger partial charge in [-0.25, -0.2) is 9.97 Å². The molecule has 0 radical (unpaired) electrons. The minimum atomic E-state index is -0.126. The van der Waals surface area contributed by atoms with Crippen LogP contribution in [-0.4, -0.2) is 29.0 Å². The van der Waals surface area contributed by atoms with Crippen LogP contribution in [0.15, 0.2) is 36.7 Å². The second-order valence-corrected chi connectivity index (χ2v) is 6.29. The lowest BCUT2D eigenvalue weighted by Gasteiger charge is -2.33. The van der Waals surface area contributed by atoms with Crippen LogP contribution in [0.25, 0.3) is 0 Å². The number of halogens is 2. The van der Waals surface area contributed by atoms with Crippen molar-refractivity contribution in [1.29, 1.82) is 0 Å². The summed E-state index contributed by atoms with van der Waals surface area (Å²) in [6.07, 6.45) is 4.97. The molecule has 0 bridgehead atoms. The first-order valence-corrected chi connectivity index (χ1v) is 8.17. The van der Waals surface area contributed by atoms with Crippen molar-refractivity contribution >= 4 is 40.7 Å². The number of anilines is 2. The lowest BCUT2D eigenvalue weighted by atomic mass is 9.97. The summed E-state index contributed by atoms with van der Waals surface area (Å²) < 4.78 is 0. The first-order chi connectivity index (χ1) is 11.1. The minimum absolute atomic E-state index is 0.0448. The largest absolute Gasteiger partial charge is 0.355 e. The van der Waals surface area contributed by atoms with Crippen LogP contribution in [0.3, 0.4) is 0 Å². The Morgan fingerprint density at radius 3 is 2.87 bits per heavy atom. The van der Waals surface area contributed by atoms with Gasteiger partial charge in [-0.3, -0.25) is 4.79 Å². The van der Waals surface area contributed by atoms with E-state index in [0.717, 1.165) is 25.2 Å². The number of amides is 1. The number of piperidine rings is 1. The van der Waals surface area contributed by atoms with Crippen LogP contribution < -0.4 is 10.2 Å². The van der Waals surface area contributed by atoms with E-state index >= 15 is 0 Å². The molecule has 7 heteroatoms. The third kappa shape index (κ3) is 3.92. The summed E-state index contributed by atoms with van der Waals surface area (Å²) >= 11 is 12.0. The van der Waals surface area contributed by atoms with Crippen LogP contribution in [0.1, 0.15) is 12.8 Å². The molecule has 0 saturated carbocycles. The fourth-order valence-electron chi connectivity index (χ4n) is 2.67. The van der Waals surface area contributed by atoms with Gasteiger partial charge in [0.05, 0.1) is 16.0 Å². The van der Waals surface area contributed by atoms with E-state index in [4.69, 9.17) is 23.2 Å². The number of rotatable bonds is 3. The molecule has 1 unspecified atom stereocenters. The van der Waals surface area contributed by atoms with Gasteiger partial charge in [0, 0.05) is 25.5 Å². The van der Waals surface area contributed by atoms with Crippen LogP contribution in [0.2, 0.25) is 10.0 Å². The van der Waals surface area contributed by atoms with Gasteiger partial charge >= 0.3 is 0 Å². The molecular weight excluding hydrogens is 335 g/mol. The number of pyridine rings is 2. The standard InChI is InChI=1S/C16H16Cl2N4O/c17-12-5-6-14(20-9-12)21-16(23)11-3-2-8-22(10-11)15-13(18)4-1-7-19-15/h1,4-7,9,11H,2-3,8,10H2,(H,20,21,23). The van der Waals surface area contributed by atoms with E-state index in [1.807, 2.05) is 6.07 Å². The van der Waals surface area contributed by atoms with Crippen LogP contribution >= 0.6 is 23.2 Å². The third-order valence-corrected chi connectivity index (χ3v) is 4.33. The average molecular weight is 351 g/mol. The van der Waals surface area contributed by atoms with Gasteiger partial charge in [0.2, 0.25) is 5.91 Å². The number of nitrogens with zero attached hydrogens (tertiary/aromatic N) is 3. The van der Waals surface area contributed by atoms with Gasteiger partial charge in [0.15, 0.2) is 0 Å². The molecule has 1 amide bonds. The van der Waals surface area contributed by atoms with E-state index in [9.17, 15) is 4.79 Å². The molecule has 23 heavy (non-hydrogen) atoms. The maximum Gasteiger partial charge on any atom is 0.230 e. The number of hydrogen-bond acceptors (Lipinski definition) is 4. The van der Waals surface area contributed by atoms with E-state index in [1.54, 1.807) is 24.4 Å². The molecule has 120 valence electrons. The van der Waals surface area contributed by atoms with E-state index < -0.39 is 0 Å². The fourth-order valence-corrected chi connectivity index (χ4v) is 3.02. The molecule has 0 aliphatic carbocycles. The second kappa shape index (κ2) is 7.15. The van der Waals surface area contributed by atoms with Gasteiger partial charge in [0.25, 0.3) is 0 Å². The molecule has 1 atom stereocenters. The van der Waals surface area contributed by atoms with Crippen molar-refractivity contribution in [3.05, 3.63) is 46.7 Å². The molecule has 1 aliphatic rings. The van der Waals surface area contributed by atoms with Gasteiger partial charge in [-0.2, -0.15) is 0 Å². The van der Waals surface area contributed by atoms with Gasteiger partial charge < -0.3 is 10.2 Å². The smallest absolute Gasteiger partial charge is 0.230 e. The van der Waals surface area contributed by atoms with Gasteiger partial charge in [-0.05, 0) is 37.1 Å². The topological polar surface area (TPSA) is 58.1 Å². The van der Waals surface area contributed by atoms with Crippen molar-refractivity contribution in [2.45, 2.75) is 12.8 Å². The zero-order valence-corrected chi connectivity index (χ0v) is 13.9. The Hall–Kier alpha value is -1.85. The Balaban J connectivity index is 1.67. The monoisotopic (exact) mass is 350 g/mol. The quantitative estimate of drug-likeness (QED) is 0.917. The van der Waals surface area contributed by atoms with Crippen molar-refractivity contribution in [3.8, 4) is 0 Å². The Bertz CT molecular complexity index is 693. The van der Waals surface area contributed by atoms with Crippen LogP contribution in [0, 0.1) is 5.92 Å². The highest BCUT2D eigenvalue weighted by Crippen LogP contribution is 2.27. The number of aromatic nitrogens is 2. The summed E-state index contributed by atoms with van der Waals surface area (Å²) in [4.78, 5) is 22.9. The summed E-state index contributed by atoms with van der Waals surface area (Å²) in [6, 6.07) is 7.00. The first kappa shape index (κ1) is 16.0. The van der Waals surface area contributed by atoms with E-state index in [0.29, 0.717) is 22.4 Å². The predicted molar refractivity (Wildman–Crippen MR) is 92.1 cm³/mol. The Labute approximate surface area is 144 Å². The predicted octanol–water partition coefficient (Wildman–Crippen LogP) is 3.64. The molecule has 2 aromatic rings. The fraction of sp³-hybridized carbons (Fsp3) is 0.312. The lowest BCUT2D eigenvalue weighted by Crippen LogP contribution is -2.41. The number of nitrogens with one attached hydrogen (secondary N) is 1. The van der Waals surface area contributed by atoms with Gasteiger partial charge in [-0.15, -0.1) is 0 Å². The molecule has 0 spiro atoms. The van der Waals surface area contributed by atoms with Crippen molar-refractivity contribution in [1.82, 2.24) is 9.97 Å². The zero-order valence-electron chi connectivity index (χ0n) is 12.4. The van der Waals surface area contributed by atoms with E-state index in [2.05, 4.69) is 20.2 Å². The third-order valence-electron chi connectivity index (χ3n) is 3.81. The van der Waals surface area contributed by atoms with Crippen LogP contribution in [0.5, 0.6) is 0 Å². The molecule has 1 N–H and O–H groups in total. The Kier molecular flexibility index (Phi) is 4.98. The highest BCUT2D eigenvalue weighted by atomic mass is 35.5. The van der Waals surface area contributed by atoms with Crippen LogP contribution in [0.4, 0.5) is 11.6 Å². The molecular formula is C16H16Cl2N4O. The van der Waals surface area contributed by atoms with Gasteiger partial charge in [-0.1, -0.05) is 23.2 Å². The molecule has 1 fully saturated rings. The van der Waals surface area contributed by atoms with E-state index in [1.165, 1.54) is 6.20 Å². The molecule has 1 saturated heterocycles. The summed E-state index contributed by atoms with van der Waals surface area (Å²) in [6.45, 7) is 1.44. The second-order valence-electron chi connectivity index (χ2n) is 5.44. The Morgan fingerprint density at radius 1 is 1.26 bits per heavy atom. The number of hydrogen-bond donors (Lipinski definition) is 1. The molecule has 0 aromatic carbocycles. The van der Waals surface area contributed by atoms with Crippen molar-refractivity contribution < 1.29 is 4.79 Å². The summed E-state index contributed by atoms with van der Waals surface area (Å²) in [5.74, 6) is 1.07. The normalized spacial score (nSPS) is 17.8. The van der Waals surface area contributed by atoms with Gasteiger partial charge in [0.1, 0.15) is 11.6 Å². The van der Waals surface area contributed by atoms with E-state index in [-0.39, 0.29) is 11.8 Å².